The average Bonchev–Trinajstić information content (AvgIpc) is 3.18. The Morgan fingerprint density at radius 3 is 2.92 bits per heavy atom. The summed E-state index contributed by atoms with van der Waals surface area (Å²) in [6.07, 6.45) is 2.98. The predicted molar refractivity (Wildman–Crippen MR) is 87.5 cm³/mol. The number of carbonyl (C=O) groups is 1. The highest BCUT2D eigenvalue weighted by atomic mass is 19.1. The number of nitrogens with one attached hydrogen (secondary N) is 1. The monoisotopic (exact) mass is 340 g/mol. The molecule has 25 heavy (non-hydrogen) atoms. The first kappa shape index (κ1) is 15.1. The molecule has 0 radical (unpaired) electrons. The van der Waals surface area contributed by atoms with E-state index in [9.17, 15) is 14.0 Å². The van der Waals surface area contributed by atoms with Crippen LogP contribution in [0.5, 0.6) is 0 Å². The van der Waals surface area contributed by atoms with Gasteiger partial charge >= 0.3 is 0 Å². The maximum absolute atomic E-state index is 13.5. The highest BCUT2D eigenvalue weighted by Crippen LogP contribution is 2.18. The summed E-state index contributed by atoms with van der Waals surface area (Å²) in [6, 6.07) is 9.51. The van der Waals surface area contributed by atoms with Gasteiger partial charge in [0.05, 0.1) is 11.8 Å². The van der Waals surface area contributed by atoms with E-state index in [4.69, 9.17) is 4.42 Å². The summed E-state index contributed by atoms with van der Waals surface area (Å²) in [5, 5.41) is 6.59. The molecule has 126 valence electrons. The third-order valence-corrected chi connectivity index (χ3v) is 3.95. The molecule has 0 saturated carbocycles. The number of aromatic nitrogens is 3. The summed E-state index contributed by atoms with van der Waals surface area (Å²) >= 11 is 0. The van der Waals surface area contributed by atoms with Crippen molar-refractivity contribution in [3.8, 4) is 0 Å². The number of rotatable bonds is 4. The van der Waals surface area contributed by atoms with Gasteiger partial charge in [-0.1, -0.05) is 18.2 Å². The standard InChI is InChI=1S/C17H13FN4O3/c18-12-4-2-1-3-11(12)8-19-16(23)9-22-17(24)14-7-15-13(5-6-25-15)21(14)10-20-22/h1-7,10H,8-9H2,(H,19,23). The number of benzene rings is 1. The normalized spacial score (nSPS) is 11.2. The van der Waals surface area contributed by atoms with Crippen LogP contribution in [0, 0.1) is 5.82 Å². The van der Waals surface area contributed by atoms with Crippen LogP contribution in [0.15, 0.2) is 58.2 Å². The third-order valence-electron chi connectivity index (χ3n) is 3.95. The van der Waals surface area contributed by atoms with Gasteiger partial charge < -0.3 is 9.73 Å². The molecule has 8 heteroatoms. The van der Waals surface area contributed by atoms with Gasteiger partial charge in [0.2, 0.25) is 5.91 Å². The minimum Gasteiger partial charge on any atom is -0.463 e. The van der Waals surface area contributed by atoms with Gasteiger partial charge in [-0.05, 0) is 6.07 Å². The number of nitrogens with zero attached hydrogens (tertiary/aromatic N) is 3. The van der Waals surface area contributed by atoms with Crippen LogP contribution >= 0.6 is 0 Å². The molecule has 1 N–H and O–H groups in total. The van der Waals surface area contributed by atoms with E-state index in [1.54, 1.807) is 34.7 Å². The second kappa shape index (κ2) is 5.90. The fraction of sp³-hybridized carbons (Fsp3) is 0.118. The lowest BCUT2D eigenvalue weighted by atomic mass is 10.2. The maximum Gasteiger partial charge on any atom is 0.291 e. The number of fused-ring (bicyclic) bond motifs is 3. The van der Waals surface area contributed by atoms with Crippen LogP contribution in [0.4, 0.5) is 4.39 Å². The second-order valence-electron chi connectivity index (χ2n) is 5.53. The summed E-state index contributed by atoms with van der Waals surface area (Å²) in [5.41, 5.74) is 1.64. The van der Waals surface area contributed by atoms with Gasteiger partial charge in [-0.2, -0.15) is 5.10 Å². The Morgan fingerprint density at radius 1 is 1.24 bits per heavy atom. The summed E-state index contributed by atoms with van der Waals surface area (Å²) in [5.74, 6) is -0.826. The lowest BCUT2D eigenvalue weighted by Gasteiger charge is -2.07. The summed E-state index contributed by atoms with van der Waals surface area (Å²) < 4.78 is 21.5. The van der Waals surface area contributed by atoms with Crippen molar-refractivity contribution in [1.82, 2.24) is 19.5 Å². The Hall–Kier alpha value is -3.42. The Kier molecular flexibility index (Phi) is 3.57. The molecule has 0 atom stereocenters. The Morgan fingerprint density at radius 2 is 2.08 bits per heavy atom. The van der Waals surface area contributed by atoms with E-state index in [1.165, 1.54) is 18.7 Å². The fourth-order valence-corrected chi connectivity index (χ4v) is 2.67. The molecule has 4 rings (SSSR count). The number of furan rings is 1. The molecule has 3 aromatic heterocycles. The minimum absolute atomic E-state index is 0.0422. The molecule has 0 spiro atoms. The highest BCUT2D eigenvalue weighted by Gasteiger charge is 2.13. The first-order valence-electron chi connectivity index (χ1n) is 7.58. The molecule has 1 amide bonds. The molecule has 3 heterocycles. The van der Waals surface area contributed by atoms with Gasteiger partial charge in [0.1, 0.15) is 24.2 Å². The molecule has 1 aromatic carbocycles. The van der Waals surface area contributed by atoms with Crippen LogP contribution in [0.1, 0.15) is 5.56 Å². The molecule has 0 aliphatic heterocycles. The van der Waals surface area contributed by atoms with Gasteiger partial charge in [-0.15, -0.1) is 0 Å². The minimum atomic E-state index is -0.433. The number of hydrogen-bond acceptors (Lipinski definition) is 4. The van der Waals surface area contributed by atoms with Crippen LogP contribution in [-0.2, 0) is 17.9 Å². The van der Waals surface area contributed by atoms with E-state index in [1.807, 2.05) is 0 Å². The van der Waals surface area contributed by atoms with Crippen molar-refractivity contribution in [3.63, 3.8) is 0 Å². The lowest BCUT2D eigenvalue weighted by Crippen LogP contribution is -2.34. The summed E-state index contributed by atoms with van der Waals surface area (Å²) in [7, 11) is 0. The van der Waals surface area contributed by atoms with Gasteiger partial charge in [-0.25, -0.2) is 9.07 Å². The smallest absolute Gasteiger partial charge is 0.291 e. The van der Waals surface area contributed by atoms with Gasteiger partial charge in [-0.3, -0.25) is 14.0 Å². The Bertz CT molecular complexity index is 1140. The number of halogens is 1. The van der Waals surface area contributed by atoms with Crippen LogP contribution in [-0.4, -0.2) is 20.1 Å². The van der Waals surface area contributed by atoms with Crippen molar-refractivity contribution >= 4 is 22.5 Å². The molecule has 0 bridgehead atoms. The molecular weight excluding hydrogens is 327 g/mol. The molecule has 4 aromatic rings. The number of amides is 1. The largest absolute Gasteiger partial charge is 0.463 e. The molecule has 0 aliphatic carbocycles. The number of hydrogen-bond donors (Lipinski definition) is 1. The van der Waals surface area contributed by atoms with E-state index < -0.39 is 17.3 Å². The molecule has 0 fully saturated rings. The highest BCUT2D eigenvalue weighted by molar-refractivity contribution is 5.82. The quantitative estimate of drug-likeness (QED) is 0.613. The van der Waals surface area contributed by atoms with E-state index >= 15 is 0 Å². The Labute approximate surface area is 140 Å². The van der Waals surface area contributed by atoms with Crippen LogP contribution in [0.25, 0.3) is 16.6 Å². The topological polar surface area (TPSA) is 81.5 Å². The predicted octanol–water partition coefficient (Wildman–Crippen LogP) is 1.70. The molecular formula is C17H13FN4O3. The van der Waals surface area contributed by atoms with E-state index in [-0.39, 0.29) is 13.1 Å². The first-order valence-corrected chi connectivity index (χ1v) is 7.58. The Balaban J connectivity index is 1.54. The van der Waals surface area contributed by atoms with Crippen LogP contribution < -0.4 is 10.9 Å². The van der Waals surface area contributed by atoms with Crippen molar-refractivity contribution in [2.75, 3.05) is 0 Å². The third kappa shape index (κ3) is 2.67. The van der Waals surface area contributed by atoms with E-state index in [2.05, 4.69) is 10.4 Å². The van der Waals surface area contributed by atoms with E-state index in [0.717, 1.165) is 10.2 Å². The lowest BCUT2D eigenvalue weighted by molar-refractivity contribution is -0.122. The SMILES string of the molecule is O=C(Cn1ncn2c(cc3occc32)c1=O)NCc1ccccc1F. The van der Waals surface area contributed by atoms with Gasteiger partial charge in [0, 0.05) is 24.2 Å². The van der Waals surface area contributed by atoms with Gasteiger partial charge in [0.25, 0.3) is 5.56 Å². The molecule has 0 unspecified atom stereocenters. The zero-order valence-electron chi connectivity index (χ0n) is 13.0. The van der Waals surface area contributed by atoms with Gasteiger partial charge in [0.15, 0.2) is 5.58 Å². The van der Waals surface area contributed by atoms with Crippen molar-refractivity contribution < 1.29 is 13.6 Å². The average molecular weight is 340 g/mol. The first-order chi connectivity index (χ1) is 12.1. The van der Waals surface area contributed by atoms with Crippen molar-refractivity contribution in [2.45, 2.75) is 13.1 Å². The van der Waals surface area contributed by atoms with Crippen LogP contribution in [0.3, 0.4) is 0 Å². The van der Waals surface area contributed by atoms with Crippen molar-refractivity contribution in [1.29, 1.82) is 0 Å². The van der Waals surface area contributed by atoms with E-state index in [0.29, 0.717) is 16.7 Å². The number of carbonyl (C=O) groups excluding carboxylic acids is 1. The zero-order valence-corrected chi connectivity index (χ0v) is 13.0. The second-order valence-corrected chi connectivity index (χ2v) is 5.53. The molecule has 0 saturated heterocycles. The van der Waals surface area contributed by atoms with Crippen molar-refractivity contribution in [2.24, 2.45) is 0 Å². The fourth-order valence-electron chi connectivity index (χ4n) is 2.67. The summed E-state index contributed by atoms with van der Waals surface area (Å²) in [4.78, 5) is 24.5. The maximum atomic E-state index is 13.5. The molecule has 0 aliphatic rings. The molecule has 7 nitrogen and oxygen atoms in total. The van der Waals surface area contributed by atoms with Crippen molar-refractivity contribution in [3.05, 3.63) is 70.7 Å². The zero-order chi connectivity index (χ0) is 17.4. The summed E-state index contributed by atoms with van der Waals surface area (Å²) in [6.45, 7) is -0.211. The van der Waals surface area contributed by atoms with Crippen LogP contribution in [0.2, 0.25) is 0 Å².